The van der Waals surface area contributed by atoms with E-state index in [1.807, 2.05) is 35.6 Å². The Morgan fingerprint density at radius 1 is 1.11 bits per heavy atom. The molecule has 0 saturated carbocycles. The maximum absolute atomic E-state index is 13.6. The fraction of sp³-hybridized carbons (Fsp3) is 0.238. The zero-order valence-corrected chi connectivity index (χ0v) is 15.5. The van der Waals surface area contributed by atoms with Crippen molar-refractivity contribution >= 4 is 27.4 Å². The van der Waals surface area contributed by atoms with Gasteiger partial charge in [0, 0.05) is 30.7 Å². The molecule has 136 valence electrons. The molecule has 0 unspecified atom stereocenters. The summed E-state index contributed by atoms with van der Waals surface area (Å²) in [5, 5.41) is 0.956. The van der Waals surface area contributed by atoms with Gasteiger partial charge < -0.3 is 9.88 Å². The number of benzene rings is 1. The minimum absolute atomic E-state index is 0.440. The Kier molecular flexibility index (Phi) is 4.13. The average molecular weight is 378 g/mol. The van der Waals surface area contributed by atoms with Gasteiger partial charge in [-0.15, -0.1) is 11.3 Å². The molecule has 0 spiro atoms. The Bertz CT molecular complexity index is 1060. The van der Waals surface area contributed by atoms with E-state index in [1.54, 1.807) is 11.3 Å². The molecule has 4 heterocycles. The van der Waals surface area contributed by atoms with E-state index in [0.29, 0.717) is 13.0 Å². The van der Waals surface area contributed by atoms with E-state index in [2.05, 4.69) is 34.2 Å². The zero-order chi connectivity index (χ0) is 18.2. The molecule has 1 aliphatic rings. The summed E-state index contributed by atoms with van der Waals surface area (Å²) in [6, 6.07) is 12.4. The van der Waals surface area contributed by atoms with Gasteiger partial charge in [-0.1, -0.05) is 6.07 Å². The molecule has 4 aromatic rings. The van der Waals surface area contributed by atoms with Crippen LogP contribution in [0.5, 0.6) is 0 Å². The first-order valence-corrected chi connectivity index (χ1v) is 9.97. The lowest BCUT2D eigenvalue weighted by Gasteiger charge is -2.29. The highest BCUT2D eigenvalue weighted by Gasteiger charge is 2.20. The van der Waals surface area contributed by atoms with Crippen LogP contribution in [-0.2, 0) is 0 Å². The van der Waals surface area contributed by atoms with Crippen LogP contribution in [0.2, 0.25) is 0 Å². The highest BCUT2D eigenvalue weighted by molar-refractivity contribution is 7.21. The maximum atomic E-state index is 13.6. The predicted octanol–water partition coefficient (Wildman–Crippen LogP) is 5.29. The minimum atomic E-state index is -0.751. The summed E-state index contributed by atoms with van der Waals surface area (Å²) in [5.74, 6) is 0.844. The quantitative estimate of drug-likeness (QED) is 0.527. The van der Waals surface area contributed by atoms with Crippen LogP contribution >= 0.6 is 11.3 Å². The van der Waals surface area contributed by atoms with Crippen LogP contribution in [0.25, 0.3) is 31.9 Å². The molecule has 1 atom stereocenters. The Hall–Kier alpha value is -2.73. The molecule has 4 nitrogen and oxygen atoms in total. The van der Waals surface area contributed by atoms with Gasteiger partial charge in [-0.2, -0.15) is 0 Å². The van der Waals surface area contributed by atoms with Crippen LogP contribution < -0.4 is 4.90 Å². The van der Waals surface area contributed by atoms with E-state index in [4.69, 9.17) is 4.98 Å². The molecular weight excluding hydrogens is 359 g/mol. The molecule has 1 aliphatic heterocycles. The molecule has 1 aromatic carbocycles. The van der Waals surface area contributed by atoms with E-state index in [0.717, 1.165) is 39.6 Å². The molecule has 5 rings (SSSR count). The maximum Gasteiger partial charge on any atom is 0.128 e. The number of aromatic amines is 1. The van der Waals surface area contributed by atoms with Crippen LogP contribution in [0.3, 0.4) is 0 Å². The van der Waals surface area contributed by atoms with E-state index < -0.39 is 6.17 Å². The van der Waals surface area contributed by atoms with Crippen molar-refractivity contribution in [1.29, 1.82) is 0 Å². The molecule has 3 aromatic heterocycles. The van der Waals surface area contributed by atoms with E-state index in [1.165, 1.54) is 11.1 Å². The Morgan fingerprint density at radius 3 is 2.81 bits per heavy atom. The number of halogens is 1. The number of anilines is 1. The molecule has 6 heteroatoms. The van der Waals surface area contributed by atoms with Crippen LogP contribution in [-0.4, -0.2) is 34.2 Å². The second-order valence-corrected chi connectivity index (χ2v) is 7.92. The SMILES string of the molecule is F[C@H]1CCCN(c2ccc(-c3nc4ccc(-c5cc[nH]c5)cc4s3)cn2)C1. The number of hydrogen-bond donors (Lipinski definition) is 1. The first-order chi connectivity index (χ1) is 13.3. The molecule has 0 amide bonds. The van der Waals surface area contributed by atoms with Gasteiger partial charge in [0.15, 0.2) is 0 Å². The minimum Gasteiger partial charge on any atom is -0.367 e. The topological polar surface area (TPSA) is 44.8 Å². The lowest BCUT2D eigenvalue weighted by Crippen LogP contribution is -2.36. The van der Waals surface area contributed by atoms with Crippen LogP contribution in [0.4, 0.5) is 10.2 Å². The third kappa shape index (κ3) is 3.21. The number of alkyl halides is 1. The lowest BCUT2D eigenvalue weighted by molar-refractivity contribution is 0.286. The summed E-state index contributed by atoms with van der Waals surface area (Å²) in [5.41, 5.74) is 4.34. The third-order valence-corrected chi connectivity index (χ3v) is 6.07. The fourth-order valence-corrected chi connectivity index (χ4v) is 4.56. The number of hydrogen-bond acceptors (Lipinski definition) is 4. The Balaban J connectivity index is 1.43. The van der Waals surface area contributed by atoms with Gasteiger partial charge in [-0.25, -0.2) is 14.4 Å². The molecule has 1 saturated heterocycles. The molecule has 0 radical (unpaired) electrons. The predicted molar refractivity (Wildman–Crippen MR) is 109 cm³/mol. The molecular formula is C21H19FN4S. The number of thiazole rings is 1. The van der Waals surface area contributed by atoms with Gasteiger partial charge in [-0.3, -0.25) is 0 Å². The summed E-state index contributed by atoms with van der Waals surface area (Å²) in [6.45, 7) is 1.31. The first kappa shape index (κ1) is 16.4. The largest absolute Gasteiger partial charge is 0.367 e. The van der Waals surface area contributed by atoms with Crippen LogP contribution in [0.15, 0.2) is 55.0 Å². The summed E-state index contributed by atoms with van der Waals surface area (Å²) in [6.07, 6.45) is 6.56. The van der Waals surface area contributed by atoms with Gasteiger partial charge in [0.25, 0.3) is 0 Å². The summed E-state index contributed by atoms with van der Waals surface area (Å²) >= 11 is 1.67. The van der Waals surface area contributed by atoms with Gasteiger partial charge in [0.05, 0.1) is 16.8 Å². The van der Waals surface area contributed by atoms with Crippen molar-refractivity contribution in [3.8, 4) is 21.7 Å². The third-order valence-electron chi connectivity index (χ3n) is 5.00. The summed E-state index contributed by atoms with van der Waals surface area (Å²) in [4.78, 5) is 14.4. The van der Waals surface area contributed by atoms with E-state index >= 15 is 0 Å². The van der Waals surface area contributed by atoms with E-state index in [-0.39, 0.29) is 0 Å². The summed E-state index contributed by atoms with van der Waals surface area (Å²) in [7, 11) is 0. The second kappa shape index (κ2) is 6.78. The second-order valence-electron chi connectivity index (χ2n) is 6.89. The highest BCUT2D eigenvalue weighted by Crippen LogP contribution is 2.33. The van der Waals surface area contributed by atoms with Gasteiger partial charge >= 0.3 is 0 Å². The molecule has 0 bridgehead atoms. The number of pyridine rings is 1. The van der Waals surface area contributed by atoms with Crippen molar-refractivity contribution < 1.29 is 4.39 Å². The first-order valence-electron chi connectivity index (χ1n) is 9.15. The van der Waals surface area contributed by atoms with Crippen LogP contribution in [0, 0.1) is 0 Å². The monoisotopic (exact) mass is 378 g/mol. The number of aromatic nitrogens is 3. The molecule has 1 N–H and O–H groups in total. The fourth-order valence-electron chi connectivity index (χ4n) is 3.56. The Labute approximate surface area is 160 Å². The Morgan fingerprint density at radius 2 is 2.04 bits per heavy atom. The van der Waals surface area contributed by atoms with Crippen molar-refractivity contribution in [3.05, 3.63) is 55.0 Å². The zero-order valence-electron chi connectivity index (χ0n) is 14.7. The number of H-pyrrole nitrogens is 1. The number of nitrogens with zero attached hydrogens (tertiary/aromatic N) is 3. The smallest absolute Gasteiger partial charge is 0.128 e. The summed E-state index contributed by atoms with van der Waals surface area (Å²) < 4.78 is 14.8. The van der Waals surface area contributed by atoms with Gasteiger partial charge in [0.2, 0.25) is 0 Å². The lowest BCUT2D eigenvalue weighted by atomic mass is 10.1. The number of nitrogens with one attached hydrogen (secondary N) is 1. The molecule has 27 heavy (non-hydrogen) atoms. The van der Waals surface area contributed by atoms with Crippen molar-refractivity contribution in [1.82, 2.24) is 15.0 Å². The van der Waals surface area contributed by atoms with Crippen LogP contribution in [0.1, 0.15) is 12.8 Å². The van der Waals surface area contributed by atoms with Gasteiger partial charge in [-0.05, 0) is 54.3 Å². The average Bonchev–Trinajstić information content (AvgIpc) is 3.37. The van der Waals surface area contributed by atoms with Crippen molar-refractivity contribution in [2.45, 2.75) is 19.0 Å². The molecule has 0 aliphatic carbocycles. The molecule has 1 fully saturated rings. The number of fused-ring (bicyclic) bond motifs is 1. The van der Waals surface area contributed by atoms with Gasteiger partial charge in [0.1, 0.15) is 17.0 Å². The van der Waals surface area contributed by atoms with E-state index in [9.17, 15) is 4.39 Å². The van der Waals surface area contributed by atoms with Crippen molar-refractivity contribution in [2.75, 3.05) is 18.0 Å². The van der Waals surface area contributed by atoms with Crippen molar-refractivity contribution in [2.24, 2.45) is 0 Å². The normalized spacial score (nSPS) is 17.5. The number of rotatable bonds is 3. The standard InChI is InChI=1S/C21H19FN4S/c22-17-2-1-9-26(13-17)20-6-4-16(12-24-20)21-25-18-5-3-14(10-19(18)27-21)15-7-8-23-11-15/h3-8,10-12,17,23H,1-2,9,13H2/t17-/m0/s1. The highest BCUT2D eigenvalue weighted by atomic mass is 32.1. The van der Waals surface area contributed by atoms with Crippen molar-refractivity contribution in [3.63, 3.8) is 0 Å². The number of piperidine rings is 1.